The number of phenols is 1. The second kappa shape index (κ2) is 8.18. The lowest BCUT2D eigenvalue weighted by atomic mass is 9.43. The quantitative estimate of drug-likeness (QED) is 0.695. The molecule has 0 amide bonds. The molecule has 1 aliphatic heterocycles. The van der Waals surface area contributed by atoms with E-state index in [1.165, 1.54) is 18.5 Å². The normalized spacial score (nSPS) is 15.3. The fourth-order valence-electron chi connectivity index (χ4n) is 4.11. The summed E-state index contributed by atoms with van der Waals surface area (Å²) in [5.74, 6) is 2.62. The van der Waals surface area contributed by atoms with Crippen LogP contribution in [0, 0.1) is 23.0 Å². The van der Waals surface area contributed by atoms with E-state index in [0.29, 0.717) is 22.4 Å². The van der Waals surface area contributed by atoms with E-state index in [9.17, 15) is 14.8 Å². The number of hydrogen-bond donors (Lipinski definition) is 1. The van der Waals surface area contributed by atoms with E-state index < -0.39 is 0 Å². The molecule has 1 aromatic heterocycles. The van der Waals surface area contributed by atoms with Gasteiger partial charge in [-0.1, -0.05) is 18.5 Å². The van der Waals surface area contributed by atoms with Gasteiger partial charge in [0, 0.05) is 16.9 Å². The zero-order valence-corrected chi connectivity index (χ0v) is 16.3. The van der Waals surface area contributed by atoms with E-state index in [1.807, 2.05) is 6.07 Å². The van der Waals surface area contributed by atoms with Gasteiger partial charge in [-0.25, -0.2) is 19.6 Å². The van der Waals surface area contributed by atoms with Crippen LogP contribution < -0.4 is 5.59 Å². The highest BCUT2D eigenvalue weighted by Gasteiger charge is 2.28. The molecule has 0 unspecified atom stereocenters. The zero-order valence-electron chi connectivity index (χ0n) is 16.3. The Balaban J connectivity index is 1.73. The molecular formula is C22H22BFN4O. The van der Waals surface area contributed by atoms with Gasteiger partial charge in [-0.05, 0) is 74.3 Å². The van der Waals surface area contributed by atoms with E-state index in [-0.39, 0.29) is 18.3 Å². The third-order valence-corrected chi connectivity index (χ3v) is 5.82. The van der Waals surface area contributed by atoms with Gasteiger partial charge in [0.15, 0.2) is 0 Å². The molecule has 4 rings (SSSR count). The number of rotatable bonds is 4. The maximum atomic E-state index is 13.3. The largest absolute Gasteiger partial charge is 0.506 e. The number of nitriles is 1. The first kappa shape index (κ1) is 19.3. The Morgan fingerprint density at radius 2 is 1.90 bits per heavy atom. The second-order valence-corrected chi connectivity index (χ2v) is 7.82. The van der Waals surface area contributed by atoms with Crippen LogP contribution in [0.15, 0.2) is 42.7 Å². The van der Waals surface area contributed by atoms with Crippen molar-refractivity contribution in [3.8, 4) is 22.8 Å². The molecule has 2 aromatic carbocycles. The summed E-state index contributed by atoms with van der Waals surface area (Å²) >= 11 is 0. The average molecular weight is 388 g/mol. The third-order valence-electron chi connectivity index (χ3n) is 5.82. The molecule has 0 atom stereocenters. The number of piperidine rings is 1. The highest BCUT2D eigenvalue weighted by atomic mass is 19.1. The van der Waals surface area contributed by atoms with Crippen molar-refractivity contribution in [1.29, 1.82) is 5.26 Å². The standard InChI is InChI=1S/C22H22BFN4O/c1-28-8-6-15(7-9-28)12-23(13-25)22-19-10-17(16-2-4-18(24)5-3-16)11-20(29)21(19)26-14-27-22/h2-5,10-11,14-15,29H,6-9,12H2,1H3. The van der Waals surface area contributed by atoms with Crippen molar-refractivity contribution in [3.05, 3.63) is 48.5 Å². The Morgan fingerprint density at radius 3 is 2.59 bits per heavy atom. The molecule has 0 bridgehead atoms. The van der Waals surface area contributed by atoms with Crippen LogP contribution in [0.2, 0.25) is 6.32 Å². The van der Waals surface area contributed by atoms with Gasteiger partial charge in [0.25, 0.3) is 0 Å². The molecular weight excluding hydrogens is 366 g/mol. The molecule has 2 heterocycles. The molecule has 5 nitrogen and oxygen atoms in total. The lowest BCUT2D eigenvalue weighted by Gasteiger charge is -2.29. The molecule has 3 aromatic rings. The van der Waals surface area contributed by atoms with Crippen LogP contribution in [-0.4, -0.2) is 46.8 Å². The number of aromatic hydroxyl groups is 1. The van der Waals surface area contributed by atoms with Crippen LogP contribution in [-0.2, 0) is 0 Å². The number of halogens is 1. The number of likely N-dealkylation sites (tertiary alicyclic amines) is 1. The van der Waals surface area contributed by atoms with Gasteiger partial charge >= 0.3 is 6.71 Å². The molecule has 1 aliphatic rings. The lowest BCUT2D eigenvalue weighted by molar-refractivity contribution is 0.230. The van der Waals surface area contributed by atoms with Gasteiger partial charge in [0.2, 0.25) is 0 Å². The van der Waals surface area contributed by atoms with Gasteiger partial charge < -0.3 is 10.0 Å². The number of fused-ring (bicyclic) bond motifs is 1. The Kier molecular flexibility index (Phi) is 5.46. The zero-order chi connectivity index (χ0) is 20.4. The fraction of sp³-hybridized carbons (Fsp3) is 0.318. The van der Waals surface area contributed by atoms with E-state index >= 15 is 0 Å². The molecule has 0 radical (unpaired) electrons. The summed E-state index contributed by atoms with van der Waals surface area (Å²) < 4.78 is 13.3. The smallest absolute Gasteiger partial charge is 0.323 e. The van der Waals surface area contributed by atoms with Crippen LogP contribution in [0.1, 0.15) is 12.8 Å². The van der Waals surface area contributed by atoms with Gasteiger partial charge in [-0.2, -0.15) is 0 Å². The van der Waals surface area contributed by atoms with Crippen LogP contribution >= 0.6 is 0 Å². The summed E-state index contributed by atoms with van der Waals surface area (Å²) in [7, 11) is 2.12. The average Bonchev–Trinajstić information content (AvgIpc) is 2.73. The number of nitrogens with zero attached hydrogens (tertiary/aromatic N) is 4. The molecule has 0 saturated carbocycles. The van der Waals surface area contributed by atoms with Crippen LogP contribution in [0.3, 0.4) is 0 Å². The minimum atomic E-state index is -0.364. The Hall–Kier alpha value is -2.98. The summed E-state index contributed by atoms with van der Waals surface area (Å²) in [4.78, 5) is 11.0. The summed E-state index contributed by atoms with van der Waals surface area (Å²) in [5.41, 5.74) is 2.60. The van der Waals surface area contributed by atoms with Crippen molar-refractivity contribution < 1.29 is 9.50 Å². The van der Waals surface area contributed by atoms with E-state index in [1.54, 1.807) is 18.2 Å². The number of aromatic nitrogens is 2. The second-order valence-electron chi connectivity index (χ2n) is 7.82. The summed E-state index contributed by atoms with van der Waals surface area (Å²) in [6, 6.07) is 9.61. The molecule has 0 aliphatic carbocycles. The first-order chi connectivity index (χ1) is 14.0. The first-order valence-electron chi connectivity index (χ1n) is 9.87. The van der Waals surface area contributed by atoms with E-state index in [0.717, 1.165) is 43.4 Å². The van der Waals surface area contributed by atoms with Gasteiger partial charge in [0.05, 0.1) is 0 Å². The number of benzene rings is 2. The highest BCUT2D eigenvalue weighted by molar-refractivity contribution is 6.81. The van der Waals surface area contributed by atoms with Crippen molar-refractivity contribution in [2.45, 2.75) is 19.2 Å². The predicted molar refractivity (Wildman–Crippen MR) is 113 cm³/mol. The Labute approximate surface area is 169 Å². The fourth-order valence-corrected chi connectivity index (χ4v) is 4.11. The van der Waals surface area contributed by atoms with E-state index in [2.05, 4.69) is 27.9 Å². The van der Waals surface area contributed by atoms with Crippen molar-refractivity contribution in [2.75, 3.05) is 20.1 Å². The van der Waals surface area contributed by atoms with Gasteiger partial charge in [-0.3, -0.25) is 0 Å². The first-order valence-corrected chi connectivity index (χ1v) is 9.87. The van der Waals surface area contributed by atoms with Crippen LogP contribution in [0.25, 0.3) is 22.0 Å². The topological polar surface area (TPSA) is 73.0 Å². The summed E-state index contributed by atoms with van der Waals surface area (Å²) in [6.07, 6.45) is 4.31. The van der Waals surface area contributed by atoms with Crippen LogP contribution in [0.4, 0.5) is 4.39 Å². The van der Waals surface area contributed by atoms with Crippen LogP contribution in [0.5, 0.6) is 5.75 Å². The molecule has 7 heteroatoms. The Bertz CT molecular complexity index is 1060. The SMILES string of the molecule is CN1CCC(CB(C#N)c2ncnc3c(O)cc(-c4ccc(F)cc4)cc23)CC1. The minimum absolute atomic E-state index is 0.0291. The predicted octanol–water partition coefficient (Wildman–Crippen LogP) is 3.25. The highest BCUT2D eigenvalue weighted by Crippen LogP contribution is 2.30. The maximum Gasteiger partial charge on any atom is 0.323 e. The van der Waals surface area contributed by atoms with E-state index in [4.69, 9.17) is 0 Å². The van der Waals surface area contributed by atoms with Crippen molar-refractivity contribution >= 4 is 23.2 Å². The minimum Gasteiger partial charge on any atom is -0.506 e. The molecule has 1 saturated heterocycles. The molecule has 1 fully saturated rings. The number of hydrogen-bond acceptors (Lipinski definition) is 5. The summed E-state index contributed by atoms with van der Waals surface area (Å²) in [6.45, 7) is 1.72. The maximum absolute atomic E-state index is 13.3. The van der Waals surface area contributed by atoms with Crippen molar-refractivity contribution in [3.63, 3.8) is 0 Å². The molecule has 29 heavy (non-hydrogen) atoms. The number of phenolic OH excluding ortho intramolecular Hbond substituents is 1. The van der Waals surface area contributed by atoms with Crippen molar-refractivity contribution in [1.82, 2.24) is 14.9 Å². The molecule has 146 valence electrons. The molecule has 0 spiro atoms. The van der Waals surface area contributed by atoms with Crippen molar-refractivity contribution in [2.24, 2.45) is 5.92 Å². The third kappa shape index (κ3) is 4.08. The monoisotopic (exact) mass is 388 g/mol. The Morgan fingerprint density at radius 1 is 1.17 bits per heavy atom. The summed E-state index contributed by atoms with van der Waals surface area (Å²) in [5, 5.41) is 21.1. The van der Waals surface area contributed by atoms with Gasteiger partial charge in [0.1, 0.15) is 23.4 Å². The lowest BCUT2D eigenvalue weighted by Crippen LogP contribution is -2.37. The van der Waals surface area contributed by atoms with Gasteiger partial charge in [-0.15, -0.1) is 0 Å². The molecule has 1 N–H and O–H groups in total.